The predicted octanol–water partition coefficient (Wildman–Crippen LogP) is 1.46. The highest BCUT2D eigenvalue weighted by molar-refractivity contribution is 14.1. The lowest BCUT2D eigenvalue weighted by Crippen LogP contribution is -1.99. The minimum absolute atomic E-state index is 0.0343. The van der Waals surface area contributed by atoms with Crippen LogP contribution in [-0.4, -0.2) is 10.1 Å². The second-order valence-corrected chi connectivity index (χ2v) is 3.02. The summed E-state index contributed by atoms with van der Waals surface area (Å²) in [5.74, 6) is -1.82. The molecule has 2 nitrogen and oxygen atoms in total. The van der Waals surface area contributed by atoms with Crippen molar-refractivity contribution < 1.29 is 13.9 Å². The van der Waals surface area contributed by atoms with Gasteiger partial charge in [0.2, 0.25) is 11.9 Å². The molecule has 0 amide bonds. The summed E-state index contributed by atoms with van der Waals surface area (Å²) in [6, 6.07) is 1.06. The molecule has 0 atom stereocenters. The van der Waals surface area contributed by atoms with E-state index in [-0.39, 0.29) is 5.56 Å². The minimum atomic E-state index is -0.947. The van der Waals surface area contributed by atoms with Gasteiger partial charge in [0, 0.05) is 15.2 Å². The standard InChI is InChI=1S/C6H4F2INO/c7-5-1-4(9)3(2-11)6(8)10-5/h1,11H,2H2. The first-order valence-electron chi connectivity index (χ1n) is 2.76. The van der Waals surface area contributed by atoms with Gasteiger partial charge in [0.1, 0.15) is 0 Å². The number of aromatic nitrogens is 1. The van der Waals surface area contributed by atoms with Crippen LogP contribution in [0.1, 0.15) is 5.56 Å². The summed E-state index contributed by atoms with van der Waals surface area (Å²) >= 11 is 1.73. The minimum Gasteiger partial charge on any atom is -0.391 e. The van der Waals surface area contributed by atoms with Gasteiger partial charge in [-0.1, -0.05) is 0 Å². The summed E-state index contributed by atoms with van der Waals surface area (Å²) in [6.45, 7) is -0.461. The Morgan fingerprint density at radius 3 is 2.64 bits per heavy atom. The molecule has 11 heavy (non-hydrogen) atoms. The van der Waals surface area contributed by atoms with Gasteiger partial charge in [0.05, 0.1) is 6.61 Å². The number of hydrogen-bond donors (Lipinski definition) is 1. The lowest BCUT2D eigenvalue weighted by Gasteiger charge is -2.00. The summed E-state index contributed by atoms with van der Waals surface area (Å²) in [4.78, 5) is 2.91. The number of nitrogens with zero attached hydrogens (tertiary/aromatic N) is 1. The second kappa shape index (κ2) is 3.40. The molecule has 60 valence electrons. The van der Waals surface area contributed by atoms with Crippen LogP contribution in [0.2, 0.25) is 0 Å². The molecule has 0 saturated carbocycles. The van der Waals surface area contributed by atoms with E-state index in [9.17, 15) is 8.78 Å². The van der Waals surface area contributed by atoms with E-state index < -0.39 is 18.5 Å². The molecule has 1 heterocycles. The SMILES string of the molecule is OCc1c(I)cc(F)nc1F. The third-order valence-electron chi connectivity index (χ3n) is 1.15. The van der Waals surface area contributed by atoms with Gasteiger partial charge in [-0.25, -0.2) is 0 Å². The van der Waals surface area contributed by atoms with E-state index in [1.165, 1.54) is 0 Å². The van der Waals surface area contributed by atoms with Crippen LogP contribution in [0.15, 0.2) is 6.07 Å². The zero-order chi connectivity index (χ0) is 8.43. The van der Waals surface area contributed by atoms with Crippen molar-refractivity contribution in [2.75, 3.05) is 0 Å². The Morgan fingerprint density at radius 1 is 1.55 bits per heavy atom. The molecule has 0 aliphatic carbocycles. The molecule has 1 N–H and O–H groups in total. The number of pyridine rings is 1. The lowest BCUT2D eigenvalue weighted by atomic mass is 10.3. The molecule has 0 aromatic carbocycles. The molecule has 0 radical (unpaired) electrons. The fraction of sp³-hybridized carbons (Fsp3) is 0.167. The summed E-state index contributed by atoms with van der Waals surface area (Å²) in [7, 11) is 0. The van der Waals surface area contributed by atoms with Crippen LogP contribution in [0.4, 0.5) is 8.78 Å². The lowest BCUT2D eigenvalue weighted by molar-refractivity contribution is 0.272. The zero-order valence-electron chi connectivity index (χ0n) is 5.31. The zero-order valence-corrected chi connectivity index (χ0v) is 7.47. The molecule has 0 bridgehead atoms. The highest BCUT2D eigenvalue weighted by atomic mass is 127. The van der Waals surface area contributed by atoms with Crippen LogP contribution in [0.3, 0.4) is 0 Å². The molecule has 0 aliphatic rings. The maximum absolute atomic E-state index is 12.6. The quantitative estimate of drug-likeness (QED) is 0.619. The Morgan fingerprint density at radius 2 is 2.18 bits per heavy atom. The van der Waals surface area contributed by atoms with Crippen LogP contribution in [0, 0.1) is 15.5 Å². The van der Waals surface area contributed by atoms with Gasteiger partial charge >= 0.3 is 0 Å². The van der Waals surface area contributed by atoms with Crippen LogP contribution >= 0.6 is 22.6 Å². The Balaban J connectivity index is 3.25. The number of halogens is 3. The Bertz CT molecular complexity index is 256. The van der Waals surface area contributed by atoms with E-state index in [2.05, 4.69) is 4.98 Å². The van der Waals surface area contributed by atoms with Gasteiger partial charge in [-0.3, -0.25) is 0 Å². The molecule has 0 spiro atoms. The first kappa shape index (κ1) is 8.79. The summed E-state index contributed by atoms with van der Waals surface area (Å²) in [5.41, 5.74) is 0.0343. The van der Waals surface area contributed by atoms with Crippen molar-refractivity contribution in [2.24, 2.45) is 0 Å². The Labute approximate surface area is 75.4 Å². The van der Waals surface area contributed by atoms with Gasteiger partial charge in [-0.15, -0.1) is 0 Å². The van der Waals surface area contributed by atoms with E-state index in [0.717, 1.165) is 6.07 Å². The third-order valence-corrected chi connectivity index (χ3v) is 2.11. The van der Waals surface area contributed by atoms with Gasteiger partial charge in [0.25, 0.3) is 0 Å². The highest BCUT2D eigenvalue weighted by Crippen LogP contribution is 2.14. The van der Waals surface area contributed by atoms with Crippen molar-refractivity contribution in [1.29, 1.82) is 0 Å². The molecule has 1 rings (SSSR count). The van der Waals surface area contributed by atoms with Crippen molar-refractivity contribution >= 4 is 22.6 Å². The summed E-state index contributed by atoms with van der Waals surface area (Å²) < 4.78 is 25.2. The smallest absolute Gasteiger partial charge is 0.222 e. The maximum Gasteiger partial charge on any atom is 0.222 e. The number of aliphatic hydroxyl groups excluding tert-OH is 1. The third kappa shape index (κ3) is 1.84. The van der Waals surface area contributed by atoms with Crippen molar-refractivity contribution in [1.82, 2.24) is 4.98 Å². The van der Waals surface area contributed by atoms with Crippen LogP contribution in [0.25, 0.3) is 0 Å². The Hall–Kier alpha value is -0.300. The average Bonchev–Trinajstić information content (AvgIpc) is 1.85. The topological polar surface area (TPSA) is 33.1 Å². The van der Waals surface area contributed by atoms with Gasteiger partial charge in [-0.05, 0) is 22.6 Å². The number of hydrogen-bond acceptors (Lipinski definition) is 2. The second-order valence-electron chi connectivity index (χ2n) is 1.85. The average molecular weight is 271 g/mol. The van der Waals surface area contributed by atoms with Crippen LogP contribution < -0.4 is 0 Å². The highest BCUT2D eigenvalue weighted by Gasteiger charge is 2.08. The molecular weight excluding hydrogens is 267 g/mol. The molecule has 1 aromatic heterocycles. The number of aliphatic hydroxyl groups is 1. The molecule has 5 heteroatoms. The molecule has 0 aliphatic heterocycles. The fourth-order valence-corrected chi connectivity index (χ4v) is 1.27. The van der Waals surface area contributed by atoms with Crippen molar-refractivity contribution in [2.45, 2.75) is 6.61 Å². The predicted molar refractivity (Wildman–Crippen MR) is 42.8 cm³/mol. The van der Waals surface area contributed by atoms with Crippen LogP contribution in [0.5, 0.6) is 0 Å². The van der Waals surface area contributed by atoms with E-state index >= 15 is 0 Å². The molecule has 0 unspecified atom stereocenters. The number of rotatable bonds is 1. The molecular formula is C6H4F2INO. The summed E-state index contributed by atoms with van der Waals surface area (Å²) in [6.07, 6.45) is 0. The van der Waals surface area contributed by atoms with E-state index in [1.54, 1.807) is 22.6 Å². The Kier molecular flexibility index (Phi) is 2.72. The van der Waals surface area contributed by atoms with Gasteiger partial charge in [-0.2, -0.15) is 13.8 Å². The molecule has 0 fully saturated rings. The van der Waals surface area contributed by atoms with Crippen molar-refractivity contribution in [3.63, 3.8) is 0 Å². The van der Waals surface area contributed by atoms with Gasteiger partial charge in [0.15, 0.2) is 0 Å². The van der Waals surface area contributed by atoms with E-state index in [1.807, 2.05) is 0 Å². The maximum atomic E-state index is 12.6. The summed E-state index contributed by atoms with van der Waals surface area (Å²) in [5, 5.41) is 8.58. The molecule has 1 aromatic rings. The van der Waals surface area contributed by atoms with Crippen molar-refractivity contribution in [3.8, 4) is 0 Å². The van der Waals surface area contributed by atoms with Gasteiger partial charge < -0.3 is 5.11 Å². The first-order chi connectivity index (χ1) is 5.15. The largest absolute Gasteiger partial charge is 0.391 e. The molecule has 0 saturated heterocycles. The monoisotopic (exact) mass is 271 g/mol. The van der Waals surface area contributed by atoms with Crippen molar-refractivity contribution in [3.05, 3.63) is 27.1 Å². The normalized spacial score (nSPS) is 10.2. The first-order valence-corrected chi connectivity index (χ1v) is 3.84. The van der Waals surface area contributed by atoms with E-state index in [0.29, 0.717) is 3.57 Å². The van der Waals surface area contributed by atoms with E-state index in [4.69, 9.17) is 5.11 Å². The van der Waals surface area contributed by atoms with Crippen LogP contribution in [-0.2, 0) is 6.61 Å². The fourth-order valence-electron chi connectivity index (χ4n) is 0.625.